The summed E-state index contributed by atoms with van der Waals surface area (Å²) < 4.78 is 0. The lowest BCUT2D eigenvalue weighted by Gasteiger charge is -2.11. The van der Waals surface area contributed by atoms with Gasteiger partial charge in [-0.2, -0.15) is 0 Å². The van der Waals surface area contributed by atoms with Crippen molar-refractivity contribution in [2.75, 3.05) is 6.61 Å². The number of hydrogen-bond acceptors (Lipinski definition) is 4. The SMILES string of the molecule is OCCCCCC(O)C(O)O. The first-order valence-electron chi connectivity index (χ1n) is 3.83. The van der Waals surface area contributed by atoms with Crippen molar-refractivity contribution in [3.8, 4) is 0 Å². The van der Waals surface area contributed by atoms with Crippen LogP contribution in [0.3, 0.4) is 0 Å². The summed E-state index contributed by atoms with van der Waals surface area (Å²) in [6.45, 7) is 0.151. The van der Waals surface area contributed by atoms with E-state index in [1.54, 1.807) is 0 Å². The van der Waals surface area contributed by atoms with Crippen LogP contribution in [0.25, 0.3) is 0 Å². The molecule has 0 aromatic carbocycles. The summed E-state index contributed by atoms with van der Waals surface area (Å²) in [5, 5.41) is 34.1. The van der Waals surface area contributed by atoms with Gasteiger partial charge in [-0.3, -0.25) is 0 Å². The Hall–Kier alpha value is -0.160. The average molecular weight is 164 g/mol. The summed E-state index contributed by atoms with van der Waals surface area (Å²) in [7, 11) is 0. The highest BCUT2D eigenvalue weighted by molar-refractivity contribution is 4.56. The number of unbranched alkanes of at least 4 members (excludes halogenated alkanes) is 2. The Morgan fingerprint density at radius 1 is 0.909 bits per heavy atom. The fourth-order valence-electron chi connectivity index (χ4n) is 0.791. The van der Waals surface area contributed by atoms with Crippen LogP contribution in [0.15, 0.2) is 0 Å². The molecule has 1 unspecified atom stereocenters. The van der Waals surface area contributed by atoms with E-state index in [2.05, 4.69) is 0 Å². The predicted octanol–water partition coefficient (Wildman–Crippen LogP) is -0.789. The van der Waals surface area contributed by atoms with E-state index < -0.39 is 12.4 Å². The van der Waals surface area contributed by atoms with Crippen LogP contribution in [0.4, 0.5) is 0 Å². The molecule has 0 saturated carbocycles. The van der Waals surface area contributed by atoms with E-state index in [1.807, 2.05) is 0 Å². The third kappa shape index (κ3) is 6.25. The van der Waals surface area contributed by atoms with Gasteiger partial charge in [0.25, 0.3) is 0 Å². The molecular formula is C7H16O4. The zero-order valence-corrected chi connectivity index (χ0v) is 6.48. The molecule has 0 amide bonds. The maximum Gasteiger partial charge on any atom is 0.178 e. The zero-order valence-electron chi connectivity index (χ0n) is 6.48. The van der Waals surface area contributed by atoms with Crippen LogP contribution in [0.1, 0.15) is 25.7 Å². The van der Waals surface area contributed by atoms with E-state index in [1.165, 1.54) is 0 Å². The summed E-state index contributed by atoms with van der Waals surface area (Å²) in [5.41, 5.74) is 0. The molecule has 1 atom stereocenters. The van der Waals surface area contributed by atoms with Gasteiger partial charge in [-0.1, -0.05) is 12.8 Å². The fourth-order valence-corrected chi connectivity index (χ4v) is 0.791. The third-order valence-electron chi connectivity index (χ3n) is 1.50. The number of aliphatic hydroxyl groups is 4. The molecule has 4 nitrogen and oxygen atoms in total. The van der Waals surface area contributed by atoms with Crippen LogP contribution in [0, 0.1) is 0 Å². The standard InChI is InChI=1S/C7H16O4/c8-5-3-1-2-4-6(9)7(10)11/h6-11H,1-5H2. The molecule has 0 bridgehead atoms. The van der Waals surface area contributed by atoms with Gasteiger partial charge >= 0.3 is 0 Å². The first kappa shape index (κ1) is 10.8. The van der Waals surface area contributed by atoms with E-state index in [-0.39, 0.29) is 6.61 Å². The van der Waals surface area contributed by atoms with Crippen molar-refractivity contribution in [3.63, 3.8) is 0 Å². The Balaban J connectivity index is 3.10. The van der Waals surface area contributed by atoms with E-state index in [0.717, 1.165) is 6.42 Å². The second-order valence-corrected chi connectivity index (χ2v) is 2.55. The van der Waals surface area contributed by atoms with Gasteiger partial charge in [0.2, 0.25) is 0 Å². The quantitative estimate of drug-likeness (QED) is 0.306. The molecule has 68 valence electrons. The first-order valence-corrected chi connectivity index (χ1v) is 3.83. The van der Waals surface area contributed by atoms with Crippen LogP contribution in [0.5, 0.6) is 0 Å². The highest BCUT2D eigenvalue weighted by Gasteiger charge is 2.10. The molecule has 0 aliphatic rings. The molecule has 0 spiro atoms. The van der Waals surface area contributed by atoms with Crippen LogP contribution >= 0.6 is 0 Å². The normalized spacial score (nSPS) is 13.9. The summed E-state index contributed by atoms with van der Waals surface area (Å²) in [6.07, 6.45) is -0.0937. The maximum atomic E-state index is 8.86. The monoisotopic (exact) mass is 164 g/mol. The number of aliphatic hydroxyl groups excluding tert-OH is 3. The van der Waals surface area contributed by atoms with Gasteiger partial charge < -0.3 is 20.4 Å². The molecule has 0 aliphatic carbocycles. The van der Waals surface area contributed by atoms with Crippen molar-refractivity contribution >= 4 is 0 Å². The second kappa shape index (κ2) is 6.54. The minimum absolute atomic E-state index is 0.151. The van der Waals surface area contributed by atoms with Crippen LogP contribution in [-0.2, 0) is 0 Å². The van der Waals surface area contributed by atoms with Crippen molar-refractivity contribution in [1.82, 2.24) is 0 Å². The highest BCUT2D eigenvalue weighted by Crippen LogP contribution is 2.04. The molecule has 0 aromatic rings. The van der Waals surface area contributed by atoms with Crippen molar-refractivity contribution < 1.29 is 20.4 Å². The second-order valence-electron chi connectivity index (χ2n) is 2.55. The molecule has 4 heteroatoms. The summed E-state index contributed by atoms with van der Waals surface area (Å²) in [5.74, 6) is 0. The summed E-state index contributed by atoms with van der Waals surface area (Å²) in [6, 6.07) is 0. The van der Waals surface area contributed by atoms with E-state index in [4.69, 9.17) is 20.4 Å². The number of rotatable bonds is 6. The third-order valence-corrected chi connectivity index (χ3v) is 1.50. The first-order chi connectivity index (χ1) is 5.18. The molecule has 0 heterocycles. The van der Waals surface area contributed by atoms with E-state index in [0.29, 0.717) is 19.3 Å². The molecule has 4 N–H and O–H groups in total. The van der Waals surface area contributed by atoms with Gasteiger partial charge in [-0.25, -0.2) is 0 Å². The smallest absolute Gasteiger partial charge is 0.178 e. The van der Waals surface area contributed by atoms with Gasteiger partial charge in [-0.15, -0.1) is 0 Å². The van der Waals surface area contributed by atoms with Crippen molar-refractivity contribution in [2.45, 2.75) is 38.1 Å². The number of hydrogen-bond donors (Lipinski definition) is 4. The lowest BCUT2D eigenvalue weighted by atomic mass is 10.1. The van der Waals surface area contributed by atoms with E-state index in [9.17, 15) is 0 Å². The van der Waals surface area contributed by atoms with Crippen LogP contribution < -0.4 is 0 Å². The largest absolute Gasteiger partial charge is 0.396 e. The van der Waals surface area contributed by atoms with Crippen molar-refractivity contribution in [3.05, 3.63) is 0 Å². The Bertz CT molecular complexity index is 84.5. The van der Waals surface area contributed by atoms with Gasteiger partial charge in [0.1, 0.15) is 6.10 Å². The maximum absolute atomic E-state index is 8.86. The topological polar surface area (TPSA) is 80.9 Å². The van der Waals surface area contributed by atoms with Gasteiger partial charge in [0.05, 0.1) is 0 Å². The molecule has 0 aliphatic heterocycles. The van der Waals surface area contributed by atoms with Crippen LogP contribution in [0.2, 0.25) is 0 Å². The molecule has 0 saturated heterocycles. The van der Waals surface area contributed by atoms with Gasteiger partial charge in [0, 0.05) is 6.61 Å². The Morgan fingerprint density at radius 2 is 1.55 bits per heavy atom. The molecule has 11 heavy (non-hydrogen) atoms. The Labute approximate surface area is 66.1 Å². The molecule has 0 fully saturated rings. The lowest BCUT2D eigenvalue weighted by Crippen LogP contribution is -2.24. The van der Waals surface area contributed by atoms with Crippen molar-refractivity contribution in [1.29, 1.82) is 0 Å². The lowest BCUT2D eigenvalue weighted by molar-refractivity contribution is -0.124. The van der Waals surface area contributed by atoms with Crippen molar-refractivity contribution in [2.24, 2.45) is 0 Å². The Morgan fingerprint density at radius 3 is 2.00 bits per heavy atom. The predicted molar refractivity (Wildman–Crippen MR) is 39.8 cm³/mol. The average Bonchev–Trinajstić information content (AvgIpc) is 1.97. The minimum Gasteiger partial charge on any atom is -0.396 e. The van der Waals surface area contributed by atoms with Gasteiger partial charge in [-0.05, 0) is 12.8 Å². The molecule has 0 rings (SSSR count). The summed E-state index contributed by atoms with van der Waals surface area (Å²) >= 11 is 0. The molecular weight excluding hydrogens is 148 g/mol. The Kier molecular flexibility index (Phi) is 6.45. The highest BCUT2D eigenvalue weighted by atomic mass is 16.5. The van der Waals surface area contributed by atoms with E-state index >= 15 is 0 Å². The van der Waals surface area contributed by atoms with Gasteiger partial charge in [0.15, 0.2) is 6.29 Å². The molecule has 0 aromatic heterocycles. The summed E-state index contributed by atoms with van der Waals surface area (Å²) in [4.78, 5) is 0. The molecule has 0 radical (unpaired) electrons. The minimum atomic E-state index is -1.64. The zero-order chi connectivity index (χ0) is 8.69. The fraction of sp³-hybridized carbons (Fsp3) is 1.00. The van der Waals surface area contributed by atoms with Crippen LogP contribution in [-0.4, -0.2) is 39.4 Å².